The SMILES string of the molecule is CCCNc1nn(Cc2cccc(F)c2)c(N)c1C#N. The van der Waals surface area contributed by atoms with Gasteiger partial charge in [-0.15, -0.1) is 0 Å². The van der Waals surface area contributed by atoms with Crippen LogP contribution in [0.25, 0.3) is 0 Å². The first-order valence-corrected chi connectivity index (χ1v) is 6.40. The molecule has 0 unspecified atom stereocenters. The van der Waals surface area contributed by atoms with E-state index in [-0.39, 0.29) is 11.6 Å². The summed E-state index contributed by atoms with van der Waals surface area (Å²) in [6.45, 7) is 3.06. The van der Waals surface area contributed by atoms with E-state index in [1.807, 2.05) is 13.0 Å². The van der Waals surface area contributed by atoms with Crippen LogP contribution in [0, 0.1) is 17.1 Å². The van der Waals surface area contributed by atoms with E-state index in [4.69, 9.17) is 11.0 Å². The van der Waals surface area contributed by atoms with Crippen LogP contribution in [-0.2, 0) is 6.54 Å². The first kappa shape index (κ1) is 13.9. The standard InChI is InChI=1S/C14H16FN5/c1-2-6-18-14-12(8-16)13(17)20(19-14)9-10-4-3-5-11(15)7-10/h3-5,7H,2,6,9,17H2,1H3,(H,18,19). The molecule has 0 saturated heterocycles. The van der Waals surface area contributed by atoms with Gasteiger partial charge in [-0.3, -0.25) is 0 Å². The summed E-state index contributed by atoms with van der Waals surface area (Å²) in [5, 5.41) is 16.5. The molecule has 20 heavy (non-hydrogen) atoms. The van der Waals surface area contributed by atoms with Crippen LogP contribution >= 0.6 is 0 Å². The van der Waals surface area contributed by atoms with E-state index in [1.54, 1.807) is 12.1 Å². The molecule has 1 aromatic heterocycles. The summed E-state index contributed by atoms with van der Waals surface area (Å²) in [4.78, 5) is 0. The van der Waals surface area contributed by atoms with Crippen molar-refractivity contribution in [3.63, 3.8) is 0 Å². The second-order valence-corrected chi connectivity index (χ2v) is 4.43. The van der Waals surface area contributed by atoms with Crippen LogP contribution in [0.15, 0.2) is 24.3 Å². The fraction of sp³-hybridized carbons (Fsp3) is 0.286. The van der Waals surface area contributed by atoms with E-state index in [0.29, 0.717) is 24.5 Å². The normalized spacial score (nSPS) is 10.2. The number of nitrogens with one attached hydrogen (secondary N) is 1. The molecule has 0 spiro atoms. The Labute approximate surface area is 116 Å². The first-order valence-electron chi connectivity index (χ1n) is 6.40. The molecule has 0 radical (unpaired) electrons. The molecule has 5 nitrogen and oxygen atoms in total. The lowest BCUT2D eigenvalue weighted by atomic mass is 10.2. The second-order valence-electron chi connectivity index (χ2n) is 4.43. The van der Waals surface area contributed by atoms with Crippen LogP contribution in [0.3, 0.4) is 0 Å². The van der Waals surface area contributed by atoms with Crippen molar-refractivity contribution in [3.8, 4) is 6.07 Å². The molecule has 104 valence electrons. The smallest absolute Gasteiger partial charge is 0.168 e. The predicted octanol–water partition coefficient (Wildman–Crippen LogP) is 2.35. The quantitative estimate of drug-likeness (QED) is 0.876. The van der Waals surface area contributed by atoms with Crippen molar-refractivity contribution in [2.75, 3.05) is 17.6 Å². The Hall–Kier alpha value is -2.55. The highest BCUT2D eigenvalue weighted by Gasteiger charge is 2.15. The van der Waals surface area contributed by atoms with Crippen molar-refractivity contribution in [1.82, 2.24) is 9.78 Å². The molecule has 1 heterocycles. The van der Waals surface area contributed by atoms with Gasteiger partial charge in [0, 0.05) is 6.54 Å². The van der Waals surface area contributed by atoms with Crippen LogP contribution in [0.4, 0.5) is 16.0 Å². The summed E-state index contributed by atoms with van der Waals surface area (Å²) >= 11 is 0. The van der Waals surface area contributed by atoms with Crippen molar-refractivity contribution in [1.29, 1.82) is 5.26 Å². The lowest BCUT2D eigenvalue weighted by Gasteiger charge is -2.04. The highest BCUT2D eigenvalue weighted by atomic mass is 19.1. The number of rotatable bonds is 5. The number of aromatic nitrogens is 2. The molecule has 3 N–H and O–H groups in total. The Kier molecular flexibility index (Phi) is 4.20. The molecule has 2 rings (SSSR count). The van der Waals surface area contributed by atoms with Crippen molar-refractivity contribution in [3.05, 3.63) is 41.2 Å². The van der Waals surface area contributed by atoms with Gasteiger partial charge in [0.1, 0.15) is 23.3 Å². The Balaban J connectivity index is 2.28. The van der Waals surface area contributed by atoms with Crippen LogP contribution in [-0.4, -0.2) is 16.3 Å². The number of anilines is 2. The van der Waals surface area contributed by atoms with Gasteiger partial charge in [-0.05, 0) is 24.1 Å². The third kappa shape index (κ3) is 2.88. The molecule has 0 fully saturated rings. The van der Waals surface area contributed by atoms with Crippen LogP contribution < -0.4 is 11.1 Å². The molecule has 0 bridgehead atoms. The van der Waals surface area contributed by atoms with Crippen LogP contribution in [0.2, 0.25) is 0 Å². The van der Waals surface area contributed by atoms with Crippen molar-refractivity contribution in [2.24, 2.45) is 0 Å². The molecule has 0 atom stereocenters. The summed E-state index contributed by atoms with van der Waals surface area (Å²) in [7, 11) is 0. The Morgan fingerprint density at radius 3 is 2.95 bits per heavy atom. The number of nitriles is 1. The average molecular weight is 273 g/mol. The van der Waals surface area contributed by atoms with E-state index in [1.165, 1.54) is 16.8 Å². The molecular weight excluding hydrogens is 257 g/mol. The van der Waals surface area contributed by atoms with Gasteiger partial charge in [-0.25, -0.2) is 9.07 Å². The average Bonchev–Trinajstić information content (AvgIpc) is 2.72. The van der Waals surface area contributed by atoms with E-state index >= 15 is 0 Å². The molecule has 2 aromatic rings. The Morgan fingerprint density at radius 2 is 2.30 bits per heavy atom. The number of hydrogen-bond donors (Lipinski definition) is 2. The Morgan fingerprint density at radius 1 is 1.50 bits per heavy atom. The maximum absolute atomic E-state index is 13.2. The largest absolute Gasteiger partial charge is 0.383 e. The number of nitrogen functional groups attached to an aromatic ring is 1. The van der Waals surface area contributed by atoms with Crippen LogP contribution in [0.1, 0.15) is 24.5 Å². The molecule has 0 aliphatic carbocycles. The van der Waals surface area contributed by atoms with Crippen LogP contribution in [0.5, 0.6) is 0 Å². The highest BCUT2D eigenvalue weighted by Crippen LogP contribution is 2.21. The number of benzene rings is 1. The highest BCUT2D eigenvalue weighted by molar-refractivity contribution is 5.63. The zero-order valence-corrected chi connectivity index (χ0v) is 11.2. The summed E-state index contributed by atoms with van der Waals surface area (Å²) in [5.74, 6) is 0.455. The minimum absolute atomic E-state index is 0.287. The summed E-state index contributed by atoms with van der Waals surface area (Å²) in [5.41, 5.74) is 6.99. The maximum atomic E-state index is 13.2. The Bertz CT molecular complexity index is 641. The molecule has 1 aromatic carbocycles. The lowest BCUT2D eigenvalue weighted by Crippen LogP contribution is -2.07. The van der Waals surface area contributed by atoms with Gasteiger partial charge in [-0.1, -0.05) is 19.1 Å². The number of hydrogen-bond acceptors (Lipinski definition) is 4. The van der Waals surface area contributed by atoms with Crippen molar-refractivity contribution in [2.45, 2.75) is 19.9 Å². The molecule has 0 saturated carbocycles. The summed E-state index contributed by atoms with van der Waals surface area (Å²) < 4.78 is 14.7. The molecule has 0 aliphatic rings. The molecule has 0 aliphatic heterocycles. The zero-order valence-electron chi connectivity index (χ0n) is 11.2. The van der Waals surface area contributed by atoms with Gasteiger partial charge in [-0.2, -0.15) is 10.4 Å². The van der Waals surface area contributed by atoms with Gasteiger partial charge in [0.25, 0.3) is 0 Å². The van der Waals surface area contributed by atoms with Gasteiger partial charge in [0.2, 0.25) is 0 Å². The number of nitrogens with two attached hydrogens (primary N) is 1. The van der Waals surface area contributed by atoms with Crippen molar-refractivity contribution >= 4 is 11.6 Å². The lowest BCUT2D eigenvalue weighted by molar-refractivity contribution is 0.620. The van der Waals surface area contributed by atoms with E-state index < -0.39 is 0 Å². The van der Waals surface area contributed by atoms with Gasteiger partial charge >= 0.3 is 0 Å². The predicted molar refractivity (Wildman–Crippen MR) is 75.6 cm³/mol. The van der Waals surface area contributed by atoms with E-state index in [0.717, 1.165) is 12.0 Å². The van der Waals surface area contributed by atoms with Crippen molar-refractivity contribution < 1.29 is 4.39 Å². The third-order valence-corrected chi connectivity index (χ3v) is 2.87. The minimum Gasteiger partial charge on any atom is -0.383 e. The third-order valence-electron chi connectivity index (χ3n) is 2.87. The molecule has 6 heteroatoms. The summed E-state index contributed by atoms with van der Waals surface area (Å²) in [6.07, 6.45) is 0.918. The monoisotopic (exact) mass is 273 g/mol. The van der Waals surface area contributed by atoms with Gasteiger partial charge < -0.3 is 11.1 Å². The fourth-order valence-electron chi connectivity index (χ4n) is 1.88. The molecule has 0 amide bonds. The summed E-state index contributed by atoms with van der Waals surface area (Å²) in [6, 6.07) is 8.27. The number of nitrogens with zero attached hydrogens (tertiary/aromatic N) is 3. The molecular formula is C14H16FN5. The van der Waals surface area contributed by atoms with Gasteiger partial charge in [0.05, 0.1) is 6.54 Å². The van der Waals surface area contributed by atoms with Gasteiger partial charge in [0.15, 0.2) is 5.82 Å². The minimum atomic E-state index is -0.307. The zero-order chi connectivity index (χ0) is 14.5. The maximum Gasteiger partial charge on any atom is 0.168 e. The van der Waals surface area contributed by atoms with E-state index in [9.17, 15) is 4.39 Å². The fourth-order valence-corrected chi connectivity index (χ4v) is 1.88. The topological polar surface area (TPSA) is 79.7 Å². The second kappa shape index (κ2) is 6.06. The number of halogens is 1. The first-order chi connectivity index (χ1) is 9.65. The van der Waals surface area contributed by atoms with E-state index in [2.05, 4.69) is 10.4 Å².